The summed E-state index contributed by atoms with van der Waals surface area (Å²) in [5.41, 5.74) is 0. The van der Waals surface area contributed by atoms with Gasteiger partial charge in [0.25, 0.3) is 0 Å². The number of carboxylic acids is 1. The summed E-state index contributed by atoms with van der Waals surface area (Å²) in [6.45, 7) is 2.29. The van der Waals surface area contributed by atoms with Crippen LogP contribution in [0.2, 0.25) is 0 Å². The largest absolute Gasteiger partial charge is 0.481 e. The molecule has 0 aromatic carbocycles. The maximum Gasteiger partial charge on any atom is 0.306 e. The normalized spacial score (nSPS) is 18.7. The lowest BCUT2D eigenvalue weighted by Gasteiger charge is -2.28. The van der Waals surface area contributed by atoms with Crippen LogP contribution in [0.1, 0.15) is 12.8 Å². The van der Waals surface area contributed by atoms with Gasteiger partial charge in [-0.25, -0.2) is 0 Å². The van der Waals surface area contributed by atoms with Gasteiger partial charge in [0.2, 0.25) is 0 Å². The second kappa shape index (κ2) is 5.85. The van der Waals surface area contributed by atoms with Crippen molar-refractivity contribution in [2.45, 2.75) is 12.8 Å². The summed E-state index contributed by atoms with van der Waals surface area (Å²) in [4.78, 5) is 12.7. The van der Waals surface area contributed by atoms with E-state index in [9.17, 15) is 4.79 Å². The molecule has 4 heteroatoms. The van der Waals surface area contributed by atoms with Gasteiger partial charge in [-0.3, -0.25) is 9.69 Å². The number of likely N-dealkylation sites (tertiary alicyclic amines) is 1. The molecule has 0 aliphatic carbocycles. The number of nitrogens with zero attached hydrogens (tertiary/aromatic N) is 1. The van der Waals surface area contributed by atoms with E-state index in [1.165, 1.54) is 0 Å². The fourth-order valence-corrected chi connectivity index (χ4v) is 1.47. The van der Waals surface area contributed by atoms with Crippen molar-refractivity contribution >= 4 is 18.4 Å². The van der Waals surface area contributed by atoms with Gasteiger partial charge in [0, 0.05) is 0 Å². The first-order valence-electron chi connectivity index (χ1n) is 4.12. The molecule has 1 fully saturated rings. The van der Waals surface area contributed by atoms with Gasteiger partial charge in [-0.15, -0.1) is 18.8 Å². The SMILES string of the molecule is C#CCN1CCC(C(=O)O)CC1.Cl. The van der Waals surface area contributed by atoms with Crippen molar-refractivity contribution in [1.82, 2.24) is 4.90 Å². The van der Waals surface area contributed by atoms with E-state index in [4.69, 9.17) is 11.5 Å². The maximum atomic E-state index is 10.6. The van der Waals surface area contributed by atoms with Crippen molar-refractivity contribution < 1.29 is 9.90 Å². The summed E-state index contributed by atoms with van der Waals surface area (Å²) in [5.74, 6) is 1.74. The molecule has 0 unspecified atom stereocenters. The molecule has 0 aromatic heterocycles. The summed E-state index contributed by atoms with van der Waals surface area (Å²) in [5, 5.41) is 8.70. The fourth-order valence-electron chi connectivity index (χ4n) is 1.47. The lowest BCUT2D eigenvalue weighted by atomic mass is 9.97. The average molecular weight is 204 g/mol. The topological polar surface area (TPSA) is 40.5 Å². The zero-order chi connectivity index (χ0) is 8.97. The van der Waals surface area contributed by atoms with Crippen LogP contribution in [0.4, 0.5) is 0 Å². The van der Waals surface area contributed by atoms with Gasteiger partial charge in [-0.1, -0.05) is 5.92 Å². The quantitative estimate of drug-likeness (QED) is 0.677. The lowest BCUT2D eigenvalue weighted by Crippen LogP contribution is -2.36. The van der Waals surface area contributed by atoms with Crippen LogP contribution in [-0.2, 0) is 4.79 Å². The van der Waals surface area contributed by atoms with Crippen molar-refractivity contribution in [3.8, 4) is 12.3 Å². The number of aliphatic carboxylic acids is 1. The van der Waals surface area contributed by atoms with Gasteiger partial charge in [-0.05, 0) is 25.9 Å². The summed E-state index contributed by atoms with van der Waals surface area (Å²) < 4.78 is 0. The Labute approximate surface area is 84.5 Å². The second-order valence-electron chi connectivity index (χ2n) is 3.09. The molecule has 0 aromatic rings. The summed E-state index contributed by atoms with van der Waals surface area (Å²) >= 11 is 0. The molecule has 0 spiro atoms. The number of rotatable bonds is 2. The van der Waals surface area contributed by atoms with Crippen LogP contribution in [0.5, 0.6) is 0 Å². The summed E-state index contributed by atoms with van der Waals surface area (Å²) in [6, 6.07) is 0. The molecule has 0 atom stereocenters. The molecule has 3 nitrogen and oxygen atoms in total. The van der Waals surface area contributed by atoms with Crippen LogP contribution < -0.4 is 0 Å². The van der Waals surface area contributed by atoms with E-state index in [1.807, 2.05) is 0 Å². The highest BCUT2D eigenvalue weighted by molar-refractivity contribution is 5.85. The molecule has 1 heterocycles. The molecular formula is C9H14ClNO2. The highest BCUT2D eigenvalue weighted by Gasteiger charge is 2.23. The molecule has 74 valence electrons. The number of piperidine rings is 1. The molecule has 1 rings (SSSR count). The number of halogens is 1. The van der Waals surface area contributed by atoms with Gasteiger partial charge in [0.05, 0.1) is 12.5 Å². The predicted molar refractivity (Wildman–Crippen MR) is 52.9 cm³/mol. The minimum absolute atomic E-state index is 0. The van der Waals surface area contributed by atoms with Crippen LogP contribution in [0.25, 0.3) is 0 Å². The van der Waals surface area contributed by atoms with Crippen molar-refractivity contribution in [3.63, 3.8) is 0 Å². The first-order valence-corrected chi connectivity index (χ1v) is 4.12. The Kier molecular flexibility index (Phi) is 5.52. The van der Waals surface area contributed by atoms with E-state index < -0.39 is 5.97 Å². The number of carbonyl (C=O) groups is 1. The number of hydrogen-bond acceptors (Lipinski definition) is 2. The predicted octanol–water partition coefficient (Wildman–Crippen LogP) is 0.838. The van der Waals surface area contributed by atoms with E-state index in [2.05, 4.69) is 10.8 Å². The van der Waals surface area contributed by atoms with Crippen molar-refractivity contribution in [1.29, 1.82) is 0 Å². The summed E-state index contributed by atoms with van der Waals surface area (Å²) in [7, 11) is 0. The standard InChI is InChI=1S/C9H13NO2.ClH/c1-2-5-10-6-3-8(4-7-10)9(11)12;/h1,8H,3-7H2,(H,11,12);1H. The third-order valence-corrected chi connectivity index (χ3v) is 2.25. The Balaban J connectivity index is 0.00000144. The number of hydrogen-bond donors (Lipinski definition) is 1. The molecule has 0 bridgehead atoms. The lowest BCUT2D eigenvalue weighted by molar-refractivity contribution is -0.143. The third-order valence-electron chi connectivity index (χ3n) is 2.25. The van der Waals surface area contributed by atoms with E-state index in [-0.39, 0.29) is 18.3 Å². The molecule has 13 heavy (non-hydrogen) atoms. The zero-order valence-electron chi connectivity index (χ0n) is 7.40. The van der Waals surface area contributed by atoms with Crippen LogP contribution in [0.15, 0.2) is 0 Å². The van der Waals surface area contributed by atoms with Gasteiger partial charge < -0.3 is 5.11 Å². The Morgan fingerprint density at radius 1 is 1.54 bits per heavy atom. The maximum absolute atomic E-state index is 10.6. The van der Waals surface area contributed by atoms with E-state index in [1.54, 1.807) is 0 Å². The second-order valence-corrected chi connectivity index (χ2v) is 3.09. The van der Waals surface area contributed by atoms with Crippen molar-refractivity contribution in [2.75, 3.05) is 19.6 Å². The molecule has 1 aliphatic heterocycles. The van der Waals surface area contributed by atoms with E-state index >= 15 is 0 Å². The Morgan fingerprint density at radius 3 is 2.46 bits per heavy atom. The first-order chi connectivity index (χ1) is 5.74. The molecule has 0 radical (unpaired) electrons. The molecular weight excluding hydrogens is 190 g/mol. The molecule has 1 aliphatic rings. The van der Waals surface area contributed by atoms with Gasteiger partial charge in [-0.2, -0.15) is 0 Å². The minimum Gasteiger partial charge on any atom is -0.481 e. The smallest absolute Gasteiger partial charge is 0.306 e. The van der Waals surface area contributed by atoms with Gasteiger partial charge in [0.1, 0.15) is 0 Å². The molecule has 1 saturated heterocycles. The van der Waals surface area contributed by atoms with Crippen LogP contribution in [0.3, 0.4) is 0 Å². The Morgan fingerprint density at radius 2 is 2.08 bits per heavy atom. The van der Waals surface area contributed by atoms with Crippen molar-refractivity contribution in [2.24, 2.45) is 5.92 Å². The summed E-state index contributed by atoms with van der Waals surface area (Å²) in [6.07, 6.45) is 6.61. The third kappa shape index (κ3) is 3.67. The van der Waals surface area contributed by atoms with E-state index in [0.717, 1.165) is 25.9 Å². The van der Waals surface area contributed by atoms with Crippen molar-refractivity contribution in [3.05, 3.63) is 0 Å². The monoisotopic (exact) mass is 203 g/mol. The van der Waals surface area contributed by atoms with Gasteiger partial charge >= 0.3 is 5.97 Å². The van der Waals surface area contributed by atoms with Gasteiger partial charge in [0.15, 0.2) is 0 Å². The van der Waals surface area contributed by atoms with Crippen LogP contribution in [0, 0.1) is 18.3 Å². The number of carboxylic acid groups (broad SMARTS) is 1. The Bertz CT molecular complexity index is 204. The van der Waals surface area contributed by atoms with Crippen LogP contribution >= 0.6 is 12.4 Å². The minimum atomic E-state index is -0.671. The first kappa shape index (κ1) is 12.3. The fraction of sp³-hybridized carbons (Fsp3) is 0.667. The number of terminal acetylenes is 1. The van der Waals surface area contributed by atoms with E-state index in [0.29, 0.717) is 6.54 Å². The highest BCUT2D eigenvalue weighted by atomic mass is 35.5. The molecule has 1 N–H and O–H groups in total. The molecule has 0 saturated carbocycles. The van der Waals surface area contributed by atoms with Crippen LogP contribution in [-0.4, -0.2) is 35.6 Å². The molecule has 0 amide bonds. The zero-order valence-corrected chi connectivity index (χ0v) is 8.22. The highest BCUT2D eigenvalue weighted by Crippen LogP contribution is 2.16. The Hall–Kier alpha value is -0.720. The average Bonchev–Trinajstić information content (AvgIpc) is 2.06.